The van der Waals surface area contributed by atoms with E-state index in [4.69, 9.17) is 0 Å². The van der Waals surface area contributed by atoms with E-state index in [1.54, 1.807) is 0 Å². The average Bonchev–Trinajstić information content (AvgIpc) is 2.90. The molecule has 0 unspecified atom stereocenters. The van der Waals surface area contributed by atoms with E-state index in [0.29, 0.717) is 0 Å². The van der Waals surface area contributed by atoms with Crippen LogP contribution < -0.4 is 0 Å². The van der Waals surface area contributed by atoms with Crippen molar-refractivity contribution in [2.75, 3.05) is 0 Å². The van der Waals surface area contributed by atoms with Gasteiger partial charge in [-0.05, 0) is 79.3 Å². The van der Waals surface area contributed by atoms with E-state index in [2.05, 4.69) is 0 Å². The molecule has 0 aliphatic heterocycles. The Kier molecular flexibility index (Phi) is 6.22. The van der Waals surface area contributed by atoms with Gasteiger partial charge in [-0.3, -0.25) is 19.2 Å². The SMILES string of the molecule is CC(=O)[C@@H]1C[C@@](C)(O)C(=O)c2c1c(-c1c3c(c(O)c4c(O)cccc14)C(=O)C[C@@](C)(O)[C@H]3C(C)=O)c1cccc(O)c1c2O. The molecule has 4 atom stereocenters. The van der Waals surface area contributed by atoms with Crippen molar-refractivity contribution in [3.05, 3.63) is 58.7 Å². The lowest BCUT2D eigenvalue weighted by molar-refractivity contribution is -0.124. The number of phenols is 4. The number of carbonyl (C=O) groups excluding carboxylic acids is 4. The molecular formula is C34H30O10. The second kappa shape index (κ2) is 9.35. The molecule has 10 heteroatoms. The number of hydrogen-bond donors (Lipinski definition) is 6. The molecule has 0 saturated carbocycles. The van der Waals surface area contributed by atoms with E-state index in [9.17, 15) is 49.8 Å². The largest absolute Gasteiger partial charge is 0.507 e. The van der Waals surface area contributed by atoms with Gasteiger partial charge >= 0.3 is 0 Å². The summed E-state index contributed by atoms with van der Waals surface area (Å²) >= 11 is 0. The van der Waals surface area contributed by atoms with Crippen LogP contribution in [0.4, 0.5) is 0 Å². The number of aromatic hydroxyl groups is 4. The molecule has 2 aliphatic carbocycles. The highest BCUT2D eigenvalue weighted by Crippen LogP contribution is 2.58. The number of phenolic OH excluding ortho intramolecular Hbond substituents is 4. The fourth-order valence-electron chi connectivity index (χ4n) is 7.40. The molecule has 0 heterocycles. The Morgan fingerprint density at radius 2 is 1.23 bits per heavy atom. The van der Waals surface area contributed by atoms with E-state index in [1.165, 1.54) is 64.1 Å². The van der Waals surface area contributed by atoms with Gasteiger partial charge in [-0.25, -0.2) is 0 Å². The van der Waals surface area contributed by atoms with Crippen LogP contribution >= 0.6 is 0 Å². The van der Waals surface area contributed by atoms with Crippen LogP contribution in [-0.4, -0.2) is 65.0 Å². The summed E-state index contributed by atoms with van der Waals surface area (Å²) in [6.45, 7) is 5.03. The number of fused-ring (bicyclic) bond motifs is 4. The first-order valence-corrected chi connectivity index (χ1v) is 14.1. The van der Waals surface area contributed by atoms with Crippen LogP contribution in [0.15, 0.2) is 36.4 Å². The number of Topliss-reactive ketones (excluding diaryl/α,β-unsaturated/α-hetero) is 4. The fourth-order valence-corrected chi connectivity index (χ4v) is 7.40. The maximum absolute atomic E-state index is 13.8. The van der Waals surface area contributed by atoms with Gasteiger partial charge in [0, 0.05) is 12.3 Å². The van der Waals surface area contributed by atoms with Gasteiger partial charge in [0.25, 0.3) is 0 Å². The molecule has 4 aromatic carbocycles. The molecule has 0 aromatic heterocycles. The minimum Gasteiger partial charge on any atom is -0.507 e. The topological polar surface area (TPSA) is 190 Å². The molecule has 0 saturated heterocycles. The van der Waals surface area contributed by atoms with Crippen LogP contribution in [0.3, 0.4) is 0 Å². The Morgan fingerprint density at radius 1 is 0.727 bits per heavy atom. The van der Waals surface area contributed by atoms with E-state index in [-0.39, 0.29) is 55.8 Å². The zero-order valence-electron chi connectivity index (χ0n) is 24.3. The summed E-state index contributed by atoms with van der Waals surface area (Å²) in [6, 6.07) is 8.51. The molecule has 44 heavy (non-hydrogen) atoms. The van der Waals surface area contributed by atoms with Crippen molar-refractivity contribution in [2.45, 2.75) is 63.6 Å². The first kappa shape index (κ1) is 29.3. The van der Waals surface area contributed by atoms with E-state index in [0.717, 1.165) is 0 Å². The number of benzene rings is 4. The summed E-state index contributed by atoms with van der Waals surface area (Å²) in [6.07, 6.45) is -0.885. The predicted octanol–water partition coefficient (Wildman–Crippen LogP) is 4.50. The number of ketones is 4. The Labute approximate surface area is 250 Å². The van der Waals surface area contributed by atoms with Gasteiger partial charge in [-0.15, -0.1) is 0 Å². The Balaban J connectivity index is 2.00. The minimum absolute atomic E-state index is 0.0119. The summed E-state index contributed by atoms with van der Waals surface area (Å²) < 4.78 is 0. The number of rotatable bonds is 3. The third-order valence-corrected chi connectivity index (χ3v) is 9.17. The van der Waals surface area contributed by atoms with Crippen LogP contribution in [-0.2, 0) is 9.59 Å². The monoisotopic (exact) mass is 598 g/mol. The smallest absolute Gasteiger partial charge is 0.198 e. The predicted molar refractivity (Wildman–Crippen MR) is 160 cm³/mol. The fraction of sp³-hybridized carbons (Fsp3) is 0.294. The zero-order chi connectivity index (χ0) is 32.2. The number of aliphatic hydroxyl groups is 2. The minimum atomic E-state index is -2.08. The summed E-state index contributed by atoms with van der Waals surface area (Å²) in [5, 5.41) is 67.5. The molecule has 0 fully saturated rings. The molecular weight excluding hydrogens is 568 g/mol. The van der Waals surface area contributed by atoms with Crippen LogP contribution in [0.25, 0.3) is 32.7 Å². The maximum Gasteiger partial charge on any atom is 0.198 e. The lowest BCUT2D eigenvalue weighted by Crippen LogP contribution is -2.44. The third kappa shape index (κ3) is 3.80. The van der Waals surface area contributed by atoms with Gasteiger partial charge < -0.3 is 30.6 Å². The van der Waals surface area contributed by atoms with Crippen molar-refractivity contribution in [2.24, 2.45) is 0 Å². The lowest BCUT2D eigenvalue weighted by Gasteiger charge is -2.40. The Morgan fingerprint density at radius 3 is 1.73 bits per heavy atom. The number of hydrogen-bond acceptors (Lipinski definition) is 10. The highest BCUT2D eigenvalue weighted by atomic mass is 16.3. The standard InChI is InChI=1S/C34H30O10/c1-13(35)17-11-34(4,44)32(42)28-25(17)23(15-7-5-10-19(38)22(15)31(28)41)24-16-8-6-9-18(37)21(16)30(40)26-20(39)12-33(3,43)29(14(2)36)27(24)26/h5-10,17,29,37-38,40-41,43-44H,11-12H2,1-4H3/t17-,29-,33+,34+/m0/s1. The first-order valence-electron chi connectivity index (χ1n) is 14.1. The summed E-state index contributed by atoms with van der Waals surface area (Å²) in [5.74, 6) is -7.34. The van der Waals surface area contributed by atoms with E-state index < -0.39 is 81.2 Å². The molecule has 10 nitrogen and oxygen atoms in total. The van der Waals surface area contributed by atoms with Gasteiger partial charge in [0.05, 0.1) is 33.4 Å². The molecule has 0 radical (unpaired) electrons. The molecule has 6 N–H and O–H groups in total. The highest BCUT2D eigenvalue weighted by molar-refractivity contribution is 6.23. The lowest BCUT2D eigenvalue weighted by atomic mass is 9.64. The third-order valence-electron chi connectivity index (χ3n) is 9.17. The normalized spacial score (nSPS) is 24.8. The average molecular weight is 599 g/mol. The highest BCUT2D eigenvalue weighted by Gasteiger charge is 2.51. The van der Waals surface area contributed by atoms with E-state index >= 15 is 0 Å². The van der Waals surface area contributed by atoms with Crippen molar-refractivity contribution < 1.29 is 49.8 Å². The van der Waals surface area contributed by atoms with Gasteiger partial charge in [0.2, 0.25) is 0 Å². The quantitative estimate of drug-likeness (QED) is 0.196. The summed E-state index contributed by atoms with van der Waals surface area (Å²) in [4.78, 5) is 54.1. The second-order valence-corrected chi connectivity index (χ2v) is 12.4. The van der Waals surface area contributed by atoms with Crippen molar-refractivity contribution >= 4 is 44.7 Å². The Bertz CT molecular complexity index is 2020. The molecule has 2 aliphatic rings. The first-order chi connectivity index (χ1) is 20.5. The van der Waals surface area contributed by atoms with Gasteiger partial charge in [0.1, 0.15) is 40.2 Å². The van der Waals surface area contributed by atoms with Crippen LogP contribution in [0.5, 0.6) is 23.0 Å². The van der Waals surface area contributed by atoms with Gasteiger partial charge in [0.15, 0.2) is 11.6 Å². The molecule has 226 valence electrons. The molecule has 4 aromatic rings. The van der Waals surface area contributed by atoms with Crippen molar-refractivity contribution in [3.8, 4) is 34.1 Å². The van der Waals surface area contributed by atoms with E-state index in [1.807, 2.05) is 0 Å². The molecule has 0 amide bonds. The summed E-state index contributed by atoms with van der Waals surface area (Å²) in [5.41, 5.74) is -4.72. The maximum atomic E-state index is 13.8. The van der Waals surface area contributed by atoms with Crippen LogP contribution in [0.2, 0.25) is 0 Å². The second-order valence-electron chi connectivity index (χ2n) is 12.4. The Hall–Kier alpha value is -4.80. The van der Waals surface area contributed by atoms with Crippen molar-refractivity contribution in [1.29, 1.82) is 0 Å². The van der Waals surface area contributed by atoms with Crippen LogP contribution in [0, 0.1) is 0 Å². The summed E-state index contributed by atoms with van der Waals surface area (Å²) in [7, 11) is 0. The molecule has 0 spiro atoms. The van der Waals surface area contributed by atoms with Crippen molar-refractivity contribution in [1.82, 2.24) is 0 Å². The van der Waals surface area contributed by atoms with Gasteiger partial charge in [-0.2, -0.15) is 0 Å². The number of carbonyl (C=O) groups is 4. The van der Waals surface area contributed by atoms with Gasteiger partial charge in [-0.1, -0.05) is 24.3 Å². The van der Waals surface area contributed by atoms with Crippen LogP contribution in [0.1, 0.15) is 84.2 Å². The van der Waals surface area contributed by atoms with Crippen molar-refractivity contribution in [3.63, 3.8) is 0 Å². The zero-order valence-corrected chi connectivity index (χ0v) is 24.3. The molecule has 6 rings (SSSR count). The molecule has 0 bridgehead atoms.